The van der Waals surface area contributed by atoms with Crippen molar-refractivity contribution in [1.82, 2.24) is 15.1 Å². The molecule has 1 aromatic rings. The molecule has 5 heteroatoms. The fourth-order valence-electron chi connectivity index (χ4n) is 5.39. The topological polar surface area (TPSA) is 52.7 Å². The van der Waals surface area contributed by atoms with Gasteiger partial charge in [-0.15, -0.1) is 0 Å². The number of fused-ring (bicyclic) bond motifs is 1. The Labute approximate surface area is 162 Å². The molecule has 3 fully saturated rings. The number of amides is 2. The van der Waals surface area contributed by atoms with Gasteiger partial charge in [0.25, 0.3) is 0 Å². The van der Waals surface area contributed by atoms with Crippen molar-refractivity contribution in [2.24, 2.45) is 11.8 Å². The maximum atomic E-state index is 13.0. The minimum atomic E-state index is -0.295. The zero-order valence-corrected chi connectivity index (χ0v) is 16.3. The lowest BCUT2D eigenvalue weighted by Crippen LogP contribution is -2.51. The Balaban J connectivity index is 1.42. The SMILES string of the molecule is CN1C(=O)C[C@@H](C(=O)NC[C@@H]2CCCN3CCCC[C@H]23)[C@H]1c1ccccc1. The first-order valence-corrected chi connectivity index (χ1v) is 10.5. The summed E-state index contributed by atoms with van der Waals surface area (Å²) in [5, 5.41) is 3.22. The van der Waals surface area contributed by atoms with Gasteiger partial charge in [0, 0.05) is 26.1 Å². The van der Waals surface area contributed by atoms with Gasteiger partial charge in [0.05, 0.1) is 12.0 Å². The summed E-state index contributed by atoms with van der Waals surface area (Å²) in [7, 11) is 1.81. The summed E-state index contributed by atoms with van der Waals surface area (Å²) in [5.74, 6) is 0.346. The second-order valence-corrected chi connectivity index (χ2v) is 8.42. The molecule has 2 amide bonds. The lowest BCUT2D eigenvalue weighted by molar-refractivity contribution is -0.128. The maximum Gasteiger partial charge on any atom is 0.226 e. The molecule has 1 N–H and O–H groups in total. The average molecular weight is 370 g/mol. The van der Waals surface area contributed by atoms with Gasteiger partial charge in [-0.25, -0.2) is 0 Å². The van der Waals surface area contributed by atoms with Crippen LogP contribution in [0.3, 0.4) is 0 Å². The zero-order chi connectivity index (χ0) is 18.8. The average Bonchev–Trinajstić information content (AvgIpc) is 3.01. The van der Waals surface area contributed by atoms with E-state index in [1.807, 2.05) is 37.4 Å². The van der Waals surface area contributed by atoms with E-state index in [4.69, 9.17) is 0 Å². The molecule has 0 bridgehead atoms. The Bertz CT molecular complexity index is 675. The van der Waals surface area contributed by atoms with Gasteiger partial charge in [-0.2, -0.15) is 0 Å². The molecule has 4 atom stereocenters. The lowest BCUT2D eigenvalue weighted by atomic mass is 9.83. The van der Waals surface area contributed by atoms with Crippen molar-refractivity contribution < 1.29 is 9.59 Å². The van der Waals surface area contributed by atoms with E-state index in [9.17, 15) is 9.59 Å². The number of nitrogens with one attached hydrogen (secondary N) is 1. The molecule has 0 spiro atoms. The number of piperidine rings is 2. The van der Waals surface area contributed by atoms with Crippen LogP contribution in [0.2, 0.25) is 0 Å². The molecule has 5 nitrogen and oxygen atoms in total. The van der Waals surface area contributed by atoms with Crippen molar-refractivity contribution in [1.29, 1.82) is 0 Å². The van der Waals surface area contributed by atoms with E-state index < -0.39 is 0 Å². The normalized spacial score (nSPS) is 31.6. The number of benzene rings is 1. The Kier molecular flexibility index (Phi) is 5.48. The fourth-order valence-corrected chi connectivity index (χ4v) is 5.39. The van der Waals surface area contributed by atoms with Crippen LogP contribution in [0.4, 0.5) is 0 Å². The molecule has 3 aliphatic rings. The van der Waals surface area contributed by atoms with Crippen LogP contribution < -0.4 is 5.32 Å². The van der Waals surface area contributed by atoms with Gasteiger partial charge in [-0.1, -0.05) is 36.8 Å². The highest BCUT2D eigenvalue weighted by Gasteiger charge is 2.43. The summed E-state index contributed by atoms with van der Waals surface area (Å²) in [4.78, 5) is 29.7. The number of carbonyl (C=O) groups excluding carboxylic acids is 2. The first-order valence-electron chi connectivity index (χ1n) is 10.5. The summed E-state index contributed by atoms with van der Waals surface area (Å²) in [6.07, 6.45) is 6.62. The summed E-state index contributed by atoms with van der Waals surface area (Å²) in [6.45, 7) is 3.18. The molecule has 0 aliphatic carbocycles. The lowest BCUT2D eigenvalue weighted by Gasteiger charge is -2.44. The largest absolute Gasteiger partial charge is 0.355 e. The number of rotatable bonds is 4. The van der Waals surface area contributed by atoms with Crippen molar-refractivity contribution >= 4 is 11.8 Å². The Hall–Kier alpha value is -1.88. The van der Waals surface area contributed by atoms with Crippen molar-refractivity contribution in [3.63, 3.8) is 0 Å². The number of nitrogens with zero attached hydrogens (tertiary/aromatic N) is 2. The summed E-state index contributed by atoms with van der Waals surface area (Å²) in [6, 6.07) is 10.4. The highest BCUT2D eigenvalue weighted by molar-refractivity contribution is 5.90. The van der Waals surface area contributed by atoms with E-state index in [1.54, 1.807) is 4.90 Å². The van der Waals surface area contributed by atoms with Crippen LogP contribution in [0.5, 0.6) is 0 Å². The number of carbonyl (C=O) groups is 2. The van der Waals surface area contributed by atoms with Crippen molar-refractivity contribution in [3.8, 4) is 0 Å². The van der Waals surface area contributed by atoms with Crippen molar-refractivity contribution in [2.45, 2.75) is 50.6 Å². The van der Waals surface area contributed by atoms with Crippen LogP contribution in [0.25, 0.3) is 0 Å². The Morgan fingerprint density at radius 2 is 1.89 bits per heavy atom. The number of hydrogen-bond donors (Lipinski definition) is 1. The molecular formula is C22H31N3O2. The molecule has 3 saturated heterocycles. The quantitative estimate of drug-likeness (QED) is 0.888. The van der Waals surface area contributed by atoms with E-state index in [2.05, 4.69) is 10.2 Å². The summed E-state index contributed by atoms with van der Waals surface area (Å²) >= 11 is 0. The second-order valence-electron chi connectivity index (χ2n) is 8.42. The molecule has 0 unspecified atom stereocenters. The zero-order valence-electron chi connectivity index (χ0n) is 16.3. The summed E-state index contributed by atoms with van der Waals surface area (Å²) < 4.78 is 0. The van der Waals surface area contributed by atoms with Gasteiger partial charge in [-0.3, -0.25) is 9.59 Å². The van der Waals surface area contributed by atoms with Crippen LogP contribution >= 0.6 is 0 Å². The maximum absolute atomic E-state index is 13.0. The standard InChI is InChI=1S/C22H31N3O2/c1-24-20(26)14-18(21(24)16-8-3-2-4-9-16)22(27)23-15-17-10-7-13-25-12-6-5-11-19(17)25/h2-4,8-9,17-19,21H,5-7,10-15H2,1H3,(H,23,27)/t17-,18+,19+,21+/m0/s1. The third kappa shape index (κ3) is 3.75. The van der Waals surface area contributed by atoms with E-state index in [0.717, 1.165) is 12.1 Å². The third-order valence-corrected chi connectivity index (χ3v) is 6.83. The predicted molar refractivity (Wildman–Crippen MR) is 105 cm³/mol. The van der Waals surface area contributed by atoms with E-state index in [1.165, 1.54) is 45.2 Å². The molecule has 0 saturated carbocycles. The van der Waals surface area contributed by atoms with E-state index >= 15 is 0 Å². The first-order chi connectivity index (χ1) is 13.1. The van der Waals surface area contributed by atoms with E-state index in [0.29, 0.717) is 18.4 Å². The van der Waals surface area contributed by atoms with E-state index in [-0.39, 0.29) is 23.8 Å². The Morgan fingerprint density at radius 3 is 2.70 bits per heavy atom. The highest BCUT2D eigenvalue weighted by Crippen LogP contribution is 2.37. The molecule has 146 valence electrons. The van der Waals surface area contributed by atoms with Gasteiger partial charge < -0.3 is 15.1 Å². The first kappa shape index (κ1) is 18.5. The van der Waals surface area contributed by atoms with Gasteiger partial charge in [-0.05, 0) is 50.3 Å². The molecule has 3 heterocycles. The fraction of sp³-hybridized carbons (Fsp3) is 0.636. The Morgan fingerprint density at radius 1 is 1.11 bits per heavy atom. The predicted octanol–water partition coefficient (Wildman–Crippen LogP) is 2.59. The van der Waals surface area contributed by atoms with Crippen LogP contribution in [-0.2, 0) is 9.59 Å². The van der Waals surface area contributed by atoms with Crippen LogP contribution in [0.1, 0.15) is 50.1 Å². The molecule has 4 rings (SSSR count). The van der Waals surface area contributed by atoms with Gasteiger partial charge >= 0.3 is 0 Å². The van der Waals surface area contributed by atoms with Crippen LogP contribution in [0, 0.1) is 11.8 Å². The van der Waals surface area contributed by atoms with Crippen LogP contribution in [-0.4, -0.2) is 54.3 Å². The summed E-state index contributed by atoms with van der Waals surface area (Å²) in [5.41, 5.74) is 1.04. The van der Waals surface area contributed by atoms with Crippen molar-refractivity contribution in [3.05, 3.63) is 35.9 Å². The molecule has 0 radical (unpaired) electrons. The molecule has 0 aromatic heterocycles. The minimum absolute atomic E-state index is 0.0366. The monoisotopic (exact) mass is 369 g/mol. The van der Waals surface area contributed by atoms with Crippen molar-refractivity contribution in [2.75, 3.05) is 26.7 Å². The molecular weight excluding hydrogens is 338 g/mol. The number of likely N-dealkylation sites (tertiary alicyclic amines) is 1. The highest BCUT2D eigenvalue weighted by atomic mass is 16.2. The smallest absolute Gasteiger partial charge is 0.226 e. The van der Waals surface area contributed by atoms with Gasteiger partial charge in [0.2, 0.25) is 11.8 Å². The third-order valence-electron chi connectivity index (χ3n) is 6.83. The minimum Gasteiger partial charge on any atom is -0.355 e. The van der Waals surface area contributed by atoms with Gasteiger partial charge in [0.15, 0.2) is 0 Å². The molecule has 27 heavy (non-hydrogen) atoms. The van der Waals surface area contributed by atoms with Gasteiger partial charge in [0.1, 0.15) is 0 Å². The van der Waals surface area contributed by atoms with Crippen LogP contribution in [0.15, 0.2) is 30.3 Å². The molecule has 3 aliphatic heterocycles. The second kappa shape index (κ2) is 8.01. The molecule has 1 aromatic carbocycles. The number of hydrogen-bond acceptors (Lipinski definition) is 3.